The Bertz CT molecular complexity index is 885. The van der Waals surface area contributed by atoms with Crippen LogP contribution < -0.4 is 5.56 Å². The lowest BCUT2D eigenvalue weighted by Gasteiger charge is -2.13. The molecule has 0 fully saturated rings. The number of nitrogens with zero attached hydrogens (tertiary/aromatic N) is 2. The standard InChI is InChI=1S/C18H15ClN2O/c1-12-8-9-15(19)10-17(12)21-13(2)20-16(11-18(21)22)14-6-4-3-5-7-14/h3-11H,1-2H3. The Morgan fingerprint density at radius 1 is 1.00 bits per heavy atom. The van der Waals surface area contributed by atoms with Gasteiger partial charge in [-0.1, -0.05) is 48.0 Å². The Morgan fingerprint density at radius 3 is 2.41 bits per heavy atom. The van der Waals surface area contributed by atoms with Gasteiger partial charge >= 0.3 is 0 Å². The third-order valence-electron chi connectivity index (χ3n) is 3.57. The molecule has 1 aromatic heterocycles. The summed E-state index contributed by atoms with van der Waals surface area (Å²) in [6, 6.07) is 16.7. The third kappa shape index (κ3) is 2.68. The number of rotatable bonds is 2. The van der Waals surface area contributed by atoms with Gasteiger partial charge in [0.15, 0.2) is 0 Å². The van der Waals surface area contributed by atoms with Gasteiger partial charge in [0.2, 0.25) is 0 Å². The minimum atomic E-state index is -0.114. The van der Waals surface area contributed by atoms with Gasteiger partial charge in [0, 0.05) is 16.7 Å². The third-order valence-corrected chi connectivity index (χ3v) is 3.80. The van der Waals surface area contributed by atoms with Gasteiger partial charge in [0.1, 0.15) is 5.82 Å². The molecule has 3 nitrogen and oxygen atoms in total. The Hall–Kier alpha value is -2.39. The lowest BCUT2D eigenvalue weighted by Crippen LogP contribution is -2.22. The molecule has 0 amide bonds. The second kappa shape index (κ2) is 5.78. The predicted octanol–water partition coefficient (Wildman–Crippen LogP) is 4.17. The van der Waals surface area contributed by atoms with Crippen LogP contribution in [0.25, 0.3) is 16.9 Å². The van der Waals surface area contributed by atoms with Crippen LogP contribution in [0.4, 0.5) is 0 Å². The summed E-state index contributed by atoms with van der Waals surface area (Å²) < 4.78 is 1.59. The first-order chi connectivity index (χ1) is 10.6. The van der Waals surface area contributed by atoms with Gasteiger partial charge in [-0.05, 0) is 31.5 Å². The molecule has 0 aliphatic carbocycles. The van der Waals surface area contributed by atoms with Crippen molar-refractivity contribution in [3.63, 3.8) is 0 Å². The highest BCUT2D eigenvalue weighted by atomic mass is 35.5. The van der Waals surface area contributed by atoms with Gasteiger partial charge in [-0.25, -0.2) is 4.98 Å². The average molecular weight is 311 g/mol. The Labute approximate surface area is 133 Å². The van der Waals surface area contributed by atoms with E-state index < -0.39 is 0 Å². The molecule has 0 aliphatic heterocycles. The van der Waals surface area contributed by atoms with Gasteiger partial charge in [0.05, 0.1) is 11.4 Å². The molecule has 2 aromatic carbocycles. The molecule has 4 heteroatoms. The van der Waals surface area contributed by atoms with Crippen LogP contribution in [-0.2, 0) is 0 Å². The topological polar surface area (TPSA) is 34.9 Å². The van der Waals surface area contributed by atoms with Crippen LogP contribution in [0.1, 0.15) is 11.4 Å². The fourth-order valence-corrected chi connectivity index (χ4v) is 2.64. The van der Waals surface area contributed by atoms with Crippen LogP contribution in [0, 0.1) is 13.8 Å². The monoisotopic (exact) mass is 310 g/mol. The molecular formula is C18H15ClN2O. The summed E-state index contributed by atoms with van der Waals surface area (Å²) >= 11 is 6.06. The predicted molar refractivity (Wildman–Crippen MR) is 89.8 cm³/mol. The van der Waals surface area contributed by atoms with Crippen molar-refractivity contribution in [1.29, 1.82) is 0 Å². The van der Waals surface area contributed by atoms with E-state index in [0.717, 1.165) is 16.8 Å². The molecule has 3 aromatic rings. The first-order valence-electron chi connectivity index (χ1n) is 6.99. The number of aromatic nitrogens is 2. The molecule has 0 saturated heterocycles. The summed E-state index contributed by atoms with van der Waals surface area (Å²) in [6.45, 7) is 3.77. The smallest absolute Gasteiger partial charge is 0.258 e. The van der Waals surface area contributed by atoms with Crippen LogP contribution in [-0.4, -0.2) is 9.55 Å². The summed E-state index contributed by atoms with van der Waals surface area (Å²) in [5, 5.41) is 0.596. The molecule has 0 saturated carbocycles. The molecule has 3 rings (SSSR count). The van der Waals surface area contributed by atoms with E-state index in [2.05, 4.69) is 4.98 Å². The molecule has 0 bridgehead atoms. The van der Waals surface area contributed by atoms with Gasteiger partial charge in [-0.3, -0.25) is 9.36 Å². The zero-order valence-corrected chi connectivity index (χ0v) is 13.1. The van der Waals surface area contributed by atoms with E-state index >= 15 is 0 Å². The quantitative estimate of drug-likeness (QED) is 0.712. The van der Waals surface area contributed by atoms with Crippen LogP contribution in [0.5, 0.6) is 0 Å². The number of hydrogen-bond acceptors (Lipinski definition) is 2. The highest BCUT2D eigenvalue weighted by molar-refractivity contribution is 6.30. The molecular weight excluding hydrogens is 296 g/mol. The summed E-state index contributed by atoms with van der Waals surface area (Å²) in [5.74, 6) is 0.636. The SMILES string of the molecule is Cc1ccc(Cl)cc1-n1c(C)nc(-c2ccccc2)cc1=O. The molecule has 0 spiro atoms. The lowest BCUT2D eigenvalue weighted by atomic mass is 10.1. The van der Waals surface area contributed by atoms with E-state index in [9.17, 15) is 4.79 Å². The van der Waals surface area contributed by atoms with E-state index in [1.54, 1.807) is 16.7 Å². The van der Waals surface area contributed by atoms with E-state index in [1.807, 2.05) is 56.3 Å². The molecule has 110 valence electrons. The molecule has 0 N–H and O–H groups in total. The van der Waals surface area contributed by atoms with E-state index in [4.69, 9.17) is 11.6 Å². The van der Waals surface area contributed by atoms with Crippen LogP contribution >= 0.6 is 11.6 Å². The maximum Gasteiger partial charge on any atom is 0.258 e. The van der Waals surface area contributed by atoms with E-state index in [1.165, 1.54) is 0 Å². The second-order valence-corrected chi connectivity index (χ2v) is 5.60. The van der Waals surface area contributed by atoms with Gasteiger partial charge < -0.3 is 0 Å². The van der Waals surface area contributed by atoms with E-state index in [0.29, 0.717) is 16.5 Å². The van der Waals surface area contributed by atoms with Crippen molar-refractivity contribution in [2.24, 2.45) is 0 Å². The van der Waals surface area contributed by atoms with Crippen molar-refractivity contribution in [3.05, 3.63) is 81.4 Å². The fraction of sp³-hybridized carbons (Fsp3) is 0.111. The zero-order chi connectivity index (χ0) is 15.7. The largest absolute Gasteiger partial charge is 0.269 e. The number of benzene rings is 2. The number of hydrogen-bond donors (Lipinski definition) is 0. The summed E-state index contributed by atoms with van der Waals surface area (Å²) in [4.78, 5) is 17.1. The van der Waals surface area contributed by atoms with Gasteiger partial charge in [-0.15, -0.1) is 0 Å². The molecule has 0 radical (unpaired) electrons. The maximum atomic E-state index is 12.6. The molecule has 0 aliphatic rings. The van der Waals surface area contributed by atoms with Crippen LogP contribution in [0.2, 0.25) is 5.02 Å². The molecule has 22 heavy (non-hydrogen) atoms. The van der Waals surface area contributed by atoms with Crippen molar-refractivity contribution in [1.82, 2.24) is 9.55 Å². The van der Waals surface area contributed by atoms with Crippen molar-refractivity contribution in [2.75, 3.05) is 0 Å². The van der Waals surface area contributed by atoms with Crippen molar-refractivity contribution in [2.45, 2.75) is 13.8 Å². The average Bonchev–Trinajstić information content (AvgIpc) is 2.51. The van der Waals surface area contributed by atoms with Crippen LogP contribution in [0.15, 0.2) is 59.4 Å². The first-order valence-corrected chi connectivity index (χ1v) is 7.37. The van der Waals surface area contributed by atoms with Gasteiger partial charge in [0.25, 0.3) is 5.56 Å². The molecule has 1 heterocycles. The summed E-state index contributed by atoms with van der Waals surface area (Å²) in [7, 11) is 0. The highest BCUT2D eigenvalue weighted by Gasteiger charge is 2.11. The van der Waals surface area contributed by atoms with Crippen molar-refractivity contribution >= 4 is 11.6 Å². The Balaban J connectivity index is 2.20. The normalized spacial score (nSPS) is 10.7. The Kier molecular flexibility index (Phi) is 3.82. The van der Waals surface area contributed by atoms with Gasteiger partial charge in [-0.2, -0.15) is 0 Å². The lowest BCUT2D eigenvalue weighted by molar-refractivity contribution is 0.868. The van der Waals surface area contributed by atoms with Crippen molar-refractivity contribution < 1.29 is 0 Å². The minimum Gasteiger partial charge on any atom is -0.269 e. The fourth-order valence-electron chi connectivity index (χ4n) is 2.47. The number of halogens is 1. The van der Waals surface area contributed by atoms with E-state index in [-0.39, 0.29) is 5.56 Å². The summed E-state index contributed by atoms with van der Waals surface area (Å²) in [5.41, 5.74) is 3.24. The molecule has 0 unspecified atom stereocenters. The Morgan fingerprint density at radius 2 is 1.73 bits per heavy atom. The summed E-state index contributed by atoms with van der Waals surface area (Å²) in [6.07, 6.45) is 0. The maximum absolute atomic E-state index is 12.6. The molecule has 0 atom stereocenters. The highest BCUT2D eigenvalue weighted by Crippen LogP contribution is 2.21. The van der Waals surface area contributed by atoms with Crippen molar-refractivity contribution in [3.8, 4) is 16.9 Å². The first kappa shape index (κ1) is 14.5. The number of aryl methyl sites for hydroxylation is 2. The minimum absolute atomic E-state index is 0.114. The zero-order valence-electron chi connectivity index (χ0n) is 12.4. The second-order valence-electron chi connectivity index (χ2n) is 5.16. The van der Waals surface area contributed by atoms with Crippen LogP contribution in [0.3, 0.4) is 0 Å².